The van der Waals surface area contributed by atoms with Crippen LogP contribution >= 0.6 is 11.8 Å². The summed E-state index contributed by atoms with van der Waals surface area (Å²) >= 11 is 1.39. The van der Waals surface area contributed by atoms with Crippen LogP contribution in [-0.2, 0) is 33.3 Å². The quantitative estimate of drug-likeness (QED) is 0.547. The summed E-state index contributed by atoms with van der Waals surface area (Å²) in [6, 6.07) is 9.51. The third-order valence-electron chi connectivity index (χ3n) is 3.57. The van der Waals surface area contributed by atoms with Crippen LogP contribution in [0.4, 0.5) is 0 Å². The minimum absolute atomic E-state index is 0.0497. The molecular formula is C18H22O7S. The number of esters is 3. The van der Waals surface area contributed by atoms with E-state index in [1.54, 1.807) is 0 Å². The molecule has 2 rings (SSSR count). The second-order valence-electron chi connectivity index (χ2n) is 5.81. The summed E-state index contributed by atoms with van der Waals surface area (Å²) in [4.78, 5) is 34.9. The fourth-order valence-electron chi connectivity index (χ4n) is 2.58. The van der Waals surface area contributed by atoms with Crippen molar-refractivity contribution < 1.29 is 33.3 Å². The first kappa shape index (κ1) is 20.3. The number of hydrogen-bond acceptors (Lipinski definition) is 8. The summed E-state index contributed by atoms with van der Waals surface area (Å²) in [6.45, 7) is 3.85. The number of carbonyl (C=O) groups excluding carboxylic acids is 3. The molecule has 1 fully saturated rings. The third-order valence-corrected chi connectivity index (χ3v) is 4.76. The lowest BCUT2D eigenvalue weighted by molar-refractivity contribution is -0.195. The molecule has 0 aromatic heterocycles. The molecule has 0 N–H and O–H groups in total. The van der Waals surface area contributed by atoms with Crippen LogP contribution in [0.5, 0.6) is 0 Å². The Kier molecular flexibility index (Phi) is 7.47. The van der Waals surface area contributed by atoms with Crippen molar-refractivity contribution in [3.8, 4) is 0 Å². The smallest absolute Gasteiger partial charge is 0.303 e. The van der Waals surface area contributed by atoms with Crippen molar-refractivity contribution >= 4 is 29.7 Å². The Hall–Kier alpha value is -2.06. The van der Waals surface area contributed by atoms with Gasteiger partial charge in [0.05, 0.1) is 0 Å². The number of ether oxygens (including phenoxy) is 4. The lowest BCUT2D eigenvalue weighted by atomic mass is 10.0. The minimum atomic E-state index is -0.677. The Balaban J connectivity index is 2.17. The molecule has 1 aromatic carbocycles. The van der Waals surface area contributed by atoms with Gasteiger partial charge in [0.1, 0.15) is 30.4 Å². The molecule has 0 bridgehead atoms. The maximum Gasteiger partial charge on any atom is 0.303 e. The van der Waals surface area contributed by atoms with Gasteiger partial charge in [-0.2, -0.15) is 0 Å². The van der Waals surface area contributed by atoms with E-state index in [1.807, 2.05) is 30.3 Å². The monoisotopic (exact) mass is 382 g/mol. The molecule has 1 saturated heterocycles. The number of rotatable bonds is 6. The van der Waals surface area contributed by atoms with Crippen LogP contribution in [0.3, 0.4) is 0 Å². The van der Waals surface area contributed by atoms with Gasteiger partial charge in [0.2, 0.25) is 0 Å². The molecular weight excluding hydrogens is 360 g/mol. The predicted molar refractivity (Wildman–Crippen MR) is 93.3 cm³/mol. The van der Waals surface area contributed by atoms with E-state index in [1.165, 1.54) is 32.5 Å². The van der Waals surface area contributed by atoms with Gasteiger partial charge in [-0.15, -0.1) is 0 Å². The summed E-state index contributed by atoms with van der Waals surface area (Å²) < 4.78 is 21.7. The van der Waals surface area contributed by atoms with E-state index in [2.05, 4.69) is 0 Å². The average molecular weight is 382 g/mol. The molecule has 4 atom stereocenters. The van der Waals surface area contributed by atoms with Gasteiger partial charge < -0.3 is 18.9 Å². The Bertz CT molecular complexity index is 634. The van der Waals surface area contributed by atoms with Crippen molar-refractivity contribution in [1.82, 2.24) is 0 Å². The minimum Gasteiger partial charge on any atom is -0.463 e. The molecule has 0 saturated carbocycles. The fourth-order valence-corrected chi connectivity index (χ4v) is 3.68. The zero-order chi connectivity index (χ0) is 19.1. The normalized spacial score (nSPS) is 25.2. The van der Waals surface area contributed by atoms with Crippen molar-refractivity contribution in [1.29, 1.82) is 0 Å². The maximum absolute atomic E-state index is 11.5. The molecule has 1 aromatic rings. The first-order valence-electron chi connectivity index (χ1n) is 8.20. The van der Waals surface area contributed by atoms with E-state index >= 15 is 0 Å². The van der Waals surface area contributed by atoms with E-state index in [4.69, 9.17) is 18.9 Å². The molecule has 0 spiro atoms. The summed E-state index contributed by atoms with van der Waals surface area (Å²) in [7, 11) is 0. The van der Waals surface area contributed by atoms with E-state index in [9.17, 15) is 14.4 Å². The molecule has 1 aliphatic rings. The van der Waals surface area contributed by atoms with E-state index in [0.29, 0.717) is 0 Å². The third kappa shape index (κ3) is 6.34. The summed E-state index contributed by atoms with van der Waals surface area (Å²) in [5, 5.41) is 0. The van der Waals surface area contributed by atoms with Crippen LogP contribution in [0.2, 0.25) is 0 Å². The molecule has 7 nitrogen and oxygen atoms in total. The second-order valence-corrected chi connectivity index (χ2v) is 6.98. The number of thioether (sulfide) groups is 1. The lowest BCUT2D eigenvalue weighted by Gasteiger charge is -2.39. The Morgan fingerprint density at radius 2 is 1.62 bits per heavy atom. The summed E-state index contributed by atoms with van der Waals surface area (Å²) in [5.41, 5.74) is -0.520. The molecule has 26 heavy (non-hydrogen) atoms. The molecule has 1 heterocycles. The molecule has 0 amide bonds. The van der Waals surface area contributed by atoms with Gasteiger partial charge in [0.25, 0.3) is 0 Å². The van der Waals surface area contributed by atoms with E-state index < -0.39 is 41.7 Å². The first-order valence-corrected chi connectivity index (χ1v) is 9.08. The summed E-state index contributed by atoms with van der Waals surface area (Å²) in [6.07, 6.45) is -1.66. The Labute approximate surface area is 156 Å². The Morgan fingerprint density at radius 1 is 1.00 bits per heavy atom. The SMILES string of the molecule is CC(=O)OC[C@H]1O[C@@H](Sc2ccccc2)[C@H](OC(C)=O)C[C@H]1OC(C)=O. The number of benzene rings is 1. The number of carbonyl (C=O) groups is 3. The van der Waals surface area contributed by atoms with Crippen LogP contribution in [0, 0.1) is 0 Å². The van der Waals surface area contributed by atoms with Crippen molar-refractivity contribution in [3.05, 3.63) is 30.3 Å². The zero-order valence-electron chi connectivity index (χ0n) is 14.9. The highest BCUT2D eigenvalue weighted by Crippen LogP contribution is 2.35. The van der Waals surface area contributed by atoms with Crippen LogP contribution in [0.15, 0.2) is 35.2 Å². The highest BCUT2D eigenvalue weighted by atomic mass is 32.2. The van der Waals surface area contributed by atoms with Gasteiger partial charge in [0, 0.05) is 32.1 Å². The molecule has 0 unspecified atom stereocenters. The average Bonchev–Trinajstić information content (AvgIpc) is 2.55. The molecule has 142 valence electrons. The van der Waals surface area contributed by atoms with Gasteiger partial charge in [-0.3, -0.25) is 14.4 Å². The summed E-state index contributed by atoms with van der Waals surface area (Å²) in [5.74, 6) is -1.39. The highest BCUT2D eigenvalue weighted by Gasteiger charge is 2.42. The first-order chi connectivity index (χ1) is 12.3. The van der Waals surface area contributed by atoms with Crippen molar-refractivity contribution in [2.24, 2.45) is 0 Å². The standard InChI is InChI=1S/C18H22O7S/c1-11(19)22-10-17-15(23-12(2)20)9-16(24-13(3)21)18(25-17)26-14-7-5-4-6-8-14/h4-8,15-18H,9-10H2,1-3H3/t15-,16-,17-,18+/m1/s1. The van der Waals surface area contributed by atoms with Crippen LogP contribution in [-0.4, -0.2) is 48.3 Å². The van der Waals surface area contributed by atoms with Gasteiger partial charge in [-0.25, -0.2) is 0 Å². The highest BCUT2D eigenvalue weighted by molar-refractivity contribution is 7.99. The van der Waals surface area contributed by atoms with Crippen molar-refractivity contribution in [2.75, 3.05) is 6.61 Å². The molecule has 1 aliphatic heterocycles. The fraction of sp³-hybridized carbons (Fsp3) is 0.500. The van der Waals surface area contributed by atoms with Crippen LogP contribution in [0.25, 0.3) is 0 Å². The van der Waals surface area contributed by atoms with Gasteiger partial charge >= 0.3 is 17.9 Å². The largest absolute Gasteiger partial charge is 0.463 e. The molecule has 0 aliphatic carbocycles. The van der Waals surface area contributed by atoms with Gasteiger partial charge in [-0.1, -0.05) is 30.0 Å². The van der Waals surface area contributed by atoms with E-state index in [0.717, 1.165) is 4.90 Å². The van der Waals surface area contributed by atoms with Crippen LogP contribution in [0.1, 0.15) is 27.2 Å². The lowest BCUT2D eigenvalue weighted by Crippen LogP contribution is -2.50. The second kappa shape index (κ2) is 9.59. The Morgan fingerprint density at radius 3 is 2.19 bits per heavy atom. The van der Waals surface area contributed by atoms with Gasteiger partial charge in [-0.05, 0) is 12.1 Å². The molecule has 8 heteroatoms. The van der Waals surface area contributed by atoms with E-state index in [-0.39, 0.29) is 13.0 Å². The van der Waals surface area contributed by atoms with Crippen molar-refractivity contribution in [2.45, 2.75) is 55.8 Å². The topological polar surface area (TPSA) is 88.1 Å². The number of hydrogen-bond donors (Lipinski definition) is 0. The van der Waals surface area contributed by atoms with Crippen LogP contribution < -0.4 is 0 Å². The zero-order valence-corrected chi connectivity index (χ0v) is 15.7. The van der Waals surface area contributed by atoms with Gasteiger partial charge in [0.15, 0.2) is 0 Å². The maximum atomic E-state index is 11.5. The molecule has 0 radical (unpaired) electrons. The predicted octanol–water partition coefficient (Wildman–Crippen LogP) is 2.32. The van der Waals surface area contributed by atoms with Crippen molar-refractivity contribution in [3.63, 3.8) is 0 Å².